The number of nitrogens with one attached hydrogen (secondary N) is 1. The topological polar surface area (TPSA) is 41.0 Å². The predicted molar refractivity (Wildman–Crippen MR) is 71.5 cm³/mol. The second kappa shape index (κ2) is 4.90. The predicted octanol–water partition coefficient (Wildman–Crippen LogP) is 2.45. The molecule has 4 heteroatoms. The number of anilines is 2. The molecule has 0 aromatic carbocycles. The van der Waals surface area contributed by atoms with Gasteiger partial charge in [-0.2, -0.15) is 0 Å². The Hall–Kier alpha value is -1.32. The summed E-state index contributed by atoms with van der Waals surface area (Å²) in [4.78, 5) is 11.3. The maximum atomic E-state index is 4.57. The number of piperidine rings is 1. The van der Waals surface area contributed by atoms with Crippen LogP contribution >= 0.6 is 0 Å². The number of aryl methyl sites for hydroxylation is 1. The van der Waals surface area contributed by atoms with Crippen LogP contribution in [0.2, 0.25) is 0 Å². The third kappa shape index (κ3) is 2.51. The smallest absolute Gasteiger partial charge is 0.134 e. The van der Waals surface area contributed by atoms with E-state index in [-0.39, 0.29) is 0 Å². The van der Waals surface area contributed by atoms with Gasteiger partial charge in [-0.1, -0.05) is 6.92 Å². The fourth-order valence-corrected chi connectivity index (χ4v) is 2.49. The van der Waals surface area contributed by atoms with E-state index in [4.69, 9.17) is 0 Å². The Morgan fingerprint density at radius 1 is 1.35 bits per heavy atom. The monoisotopic (exact) mass is 234 g/mol. The summed E-state index contributed by atoms with van der Waals surface area (Å²) < 4.78 is 0. The van der Waals surface area contributed by atoms with E-state index < -0.39 is 0 Å². The third-order valence-corrected chi connectivity index (χ3v) is 3.75. The molecule has 2 heterocycles. The first-order chi connectivity index (χ1) is 8.11. The van der Waals surface area contributed by atoms with Crippen molar-refractivity contribution in [3.63, 3.8) is 0 Å². The van der Waals surface area contributed by atoms with Gasteiger partial charge in [0, 0.05) is 25.7 Å². The molecule has 2 unspecified atom stereocenters. The molecule has 1 aromatic rings. The average Bonchev–Trinajstić information content (AvgIpc) is 2.31. The minimum absolute atomic E-state index is 0.558. The first-order valence-corrected chi connectivity index (χ1v) is 6.42. The SMILES string of the molecule is CNc1cc(N2CCCC(C)C2C)nc(C)n1. The number of rotatable bonds is 2. The molecule has 1 fully saturated rings. The van der Waals surface area contributed by atoms with Crippen LogP contribution in [-0.4, -0.2) is 29.6 Å². The van der Waals surface area contributed by atoms with Gasteiger partial charge < -0.3 is 10.2 Å². The van der Waals surface area contributed by atoms with Crippen LogP contribution in [0.4, 0.5) is 11.6 Å². The van der Waals surface area contributed by atoms with Crippen molar-refractivity contribution < 1.29 is 0 Å². The van der Waals surface area contributed by atoms with Crippen LogP contribution in [0.25, 0.3) is 0 Å². The van der Waals surface area contributed by atoms with Crippen molar-refractivity contribution in [2.75, 3.05) is 23.8 Å². The number of hydrogen-bond donors (Lipinski definition) is 1. The van der Waals surface area contributed by atoms with E-state index in [1.807, 2.05) is 20.0 Å². The molecule has 0 saturated carbocycles. The first-order valence-electron chi connectivity index (χ1n) is 6.42. The molecule has 1 N–H and O–H groups in total. The summed E-state index contributed by atoms with van der Waals surface area (Å²) in [5, 5.41) is 3.10. The van der Waals surface area contributed by atoms with Gasteiger partial charge in [-0.3, -0.25) is 0 Å². The molecule has 2 atom stereocenters. The molecular weight excluding hydrogens is 212 g/mol. The molecule has 0 aliphatic carbocycles. The lowest BCUT2D eigenvalue weighted by Crippen LogP contribution is -2.43. The van der Waals surface area contributed by atoms with E-state index in [1.54, 1.807) is 0 Å². The van der Waals surface area contributed by atoms with Crippen LogP contribution in [0.1, 0.15) is 32.5 Å². The van der Waals surface area contributed by atoms with E-state index in [9.17, 15) is 0 Å². The van der Waals surface area contributed by atoms with Crippen molar-refractivity contribution in [2.24, 2.45) is 5.92 Å². The van der Waals surface area contributed by atoms with Crippen molar-refractivity contribution >= 4 is 11.6 Å². The fourth-order valence-electron chi connectivity index (χ4n) is 2.49. The summed E-state index contributed by atoms with van der Waals surface area (Å²) in [7, 11) is 1.90. The van der Waals surface area contributed by atoms with Crippen LogP contribution in [0.3, 0.4) is 0 Å². The summed E-state index contributed by atoms with van der Waals surface area (Å²) in [5.41, 5.74) is 0. The maximum absolute atomic E-state index is 4.57. The summed E-state index contributed by atoms with van der Waals surface area (Å²) in [6.07, 6.45) is 2.57. The number of aromatic nitrogens is 2. The zero-order valence-electron chi connectivity index (χ0n) is 11.2. The molecule has 0 radical (unpaired) electrons. The lowest BCUT2D eigenvalue weighted by Gasteiger charge is -2.38. The Morgan fingerprint density at radius 3 is 2.82 bits per heavy atom. The van der Waals surface area contributed by atoms with Gasteiger partial charge >= 0.3 is 0 Å². The zero-order chi connectivity index (χ0) is 12.4. The van der Waals surface area contributed by atoms with Crippen molar-refractivity contribution in [1.82, 2.24) is 9.97 Å². The molecule has 0 amide bonds. The van der Waals surface area contributed by atoms with Gasteiger partial charge in [-0.25, -0.2) is 9.97 Å². The van der Waals surface area contributed by atoms with E-state index in [0.717, 1.165) is 29.9 Å². The molecule has 4 nitrogen and oxygen atoms in total. The van der Waals surface area contributed by atoms with Crippen molar-refractivity contribution in [2.45, 2.75) is 39.7 Å². The van der Waals surface area contributed by atoms with Crippen molar-refractivity contribution in [1.29, 1.82) is 0 Å². The molecule has 0 spiro atoms. The Morgan fingerprint density at radius 2 is 2.12 bits per heavy atom. The van der Waals surface area contributed by atoms with Crippen molar-refractivity contribution in [3.05, 3.63) is 11.9 Å². The van der Waals surface area contributed by atoms with E-state index in [1.165, 1.54) is 12.8 Å². The number of hydrogen-bond acceptors (Lipinski definition) is 4. The van der Waals surface area contributed by atoms with Crippen LogP contribution in [-0.2, 0) is 0 Å². The lowest BCUT2D eigenvalue weighted by atomic mass is 9.92. The molecule has 94 valence electrons. The number of nitrogens with zero attached hydrogens (tertiary/aromatic N) is 3. The van der Waals surface area contributed by atoms with Crippen molar-refractivity contribution in [3.8, 4) is 0 Å². The zero-order valence-corrected chi connectivity index (χ0v) is 11.2. The normalized spacial score (nSPS) is 24.8. The highest BCUT2D eigenvalue weighted by Crippen LogP contribution is 2.28. The van der Waals surface area contributed by atoms with Gasteiger partial charge in [0.2, 0.25) is 0 Å². The van der Waals surface area contributed by atoms with Crippen LogP contribution in [0, 0.1) is 12.8 Å². The Balaban J connectivity index is 2.29. The molecule has 1 aliphatic heterocycles. The van der Waals surface area contributed by atoms with Gasteiger partial charge in [0.25, 0.3) is 0 Å². The van der Waals surface area contributed by atoms with Gasteiger partial charge in [0.1, 0.15) is 17.5 Å². The van der Waals surface area contributed by atoms with E-state index >= 15 is 0 Å². The minimum atomic E-state index is 0.558. The largest absolute Gasteiger partial charge is 0.373 e. The summed E-state index contributed by atoms with van der Waals surface area (Å²) >= 11 is 0. The second-order valence-corrected chi connectivity index (χ2v) is 4.96. The Labute approximate surface area is 103 Å². The average molecular weight is 234 g/mol. The first kappa shape index (κ1) is 12.1. The molecule has 17 heavy (non-hydrogen) atoms. The highest BCUT2D eigenvalue weighted by molar-refractivity contribution is 5.50. The van der Waals surface area contributed by atoms with Crippen LogP contribution in [0.15, 0.2) is 6.07 Å². The summed E-state index contributed by atoms with van der Waals surface area (Å²) in [5.74, 6) is 3.52. The third-order valence-electron chi connectivity index (χ3n) is 3.75. The van der Waals surface area contributed by atoms with Gasteiger partial charge in [0.15, 0.2) is 0 Å². The Bertz CT molecular complexity index is 391. The molecule has 1 aliphatic rings. The van der Waals surface area contributed by atoms with Crippen LogP contribution < -0.4 is 10.2 Å². The second-order valence-electron chi connectivity index (χ2n) is 4.96. The Kier molecular flexibility index (Phi) is 3.50. The standard InChI is InChI=1S/C13H22N4/c1-9-6-5-7-17(10(9)2)13-8-12(14-4)15-11(3)16-13/h8-10H,5-7H2,1-4H3,(H,14,15,16). The molecule has 1 aromatic heterocycles. The quantitative estimate of drug-likeness (QED) is 0.853. The molecule has 1 saturated heterocycles. The summed E-state index contributed by atoms with van der Waals surface area (Å²) in [6, 6.07) is 2.60. The van der Waals surface area contributed by atoms with Gasteiger partial charge in [-0.05, 0) is 32.6 Å². The summed E-state index contributed by atoms with van der Waals surface area (Å²) in [6.45, 7) is 7.66. The fraction of sp³-hybridized carbons (Fsp3) is 0.692. The highest BCUT2D eigenvalue weighted by atomic mass is 15.2. The van der Waals surface area contributed by atoms with Crippen LogP contribution in [0.5, 0.6) is 0 Å². The minimum Gasteiger partial charge on any atom is -0.373 e. The van der Waals surface area contributed by atoms with E-state index in [2.05, 4.69) is 34.0 Å². The molecular formula is C13H22N4. The maximum Gasteiger partial charge on any atom is 0.134 e. The molecule has 0 bridgehead atoms. The van der Waals surface area contributed by atoms with Gasteiger partial charge in [-0.15, -0.1) is 0 Å². The van der Waals surface area contributed by atoms with Gasteiger partial charge in [0.05, 0.1) is 0 Å². The highest BCUT2D eigenvalue weighted by Gasteiger charge is 2.25. The van der Waals surface area contributed by atoms with E-state index in [0.29, 0.717) is 6.04 Å². The molecule has 2 rings (SSSR count). The lowest BCUT2D eigenvalue weighted by molar-refractivity contribution is 0.361.